The summed E-state index contributed by atoms with van der Waals surface area (Å²) in [7, 11) is 0. The second-order valence-electron chi connectivity index (χ2n) is 6.88. The average Bonchev–Trinajstić information content (AvgIpc) is 3.64. The van der Waals surface area contributed by atoms with Crippen molar-refractivity contribution in [3.8, 4) is 33.4 Å². The normalized spacial score (nSPS) is 13.5. The van der Waals surface area contributed by atoms with Gasteiger partial charge in [0, 0.05) is 11.1 Å². The molecular weight excluding hydrogens is 448 g/mol. The van der Waals surface area contributed by atoms with Crippen molar-refractivity contribution < 1.29 is 13.6 Å². The van der Waals surface area contributed by atoms with E-state index in [4.69, 9.17) is 37.2 Å². The Morgan fingerprint density at radius 3 is 1.71 bits per heavy atom. The van der Waals surface area contributed by atoms with Crippen molar-refractivity contribution in [2.24, 2.45) is 0 Å². The highest BCUT2D eigenvalue weighted by atomic mass is 32.1. The first-order valence-electron chi connectivity index (χ1n) is 9.91. The lowest BCUT2D eigenvalue weighted by molar-refractivity contribution is 0.134. The van der Waals surface area contributed by atoms with E-state index in [1.807, 2.05) is 36.4 Å². The number of rotatable bonds is 6. The summed E-state index contributed by atoms with van der Waals surface area (Å²) in [6.45, 7) is 14.8. The van der Waals surface area contributed by atoms with E-state index in [-0.39, 0.29) is 11.4 Å². The number of nitrogens with zero attached hydrogens (tertiary/aromatic N) is 4. The molecule has 0 spiro atoms. The molecule has 7 nitrogen and oxygen atoms in total. The zero-order valence-corrected chi connectivity index (χ0v) is 18.4. The predicted octanol–water partition coefficient (Wildman–Crippen LogP) is 6.98. The third-order valence-electron chi connectivity index (χ3n) is 4.81. The van der Waals surface area contributed by atoms with E-state index in [2.05, 4.69) is 9.69 Å². The predicted molar refractivity (Wildman–Crippen MR) is 127 cm³/mol. The first-order chi connectivity index (χ1) is 16.7. The molecule has 0 atom stereocenters. The van der Waals surface area contributed by atoms with Gasteiger partial charge in [0.25, 0.3) is 11.4 Å². The minimum atomic E-state index is 0.00136. The molecular formula is C26H14N4O3S. The third kappa shape index (κ3) is 4.65. The fourth-order valence-electron chi connectivity index (χ4n) is 3.25. The second kappa shape index (κ2) is 10.2. The minimum Gasteiger partial charge on any atom is -0.456 e. The quantitative estimate of drug-likeness (QED) is 0.224. The Hall–Kier alpha value is -4.86. The van der Waals surface area contributed by atoms with Crippen LogP contribution in [0.2, 0.25) is 0 Å². The van der Waals surface area contributed by atoms with E-state index >= 15 is 0 Å². The van der Waals surface area contributed by atoms with Crippen molar-refractivity contribution in [1.29, 1.82) is 10.5 Å². The van der Waals surface area contributed by atoms with Crippen LogP contribution < -0.4 is 0 Å². The SMILES string of the molecule is [C-]#[N+]/C(C#N)=C\C=C\c1ccc(-c2sc(-c3ccc(/C=C/C=C(\C#N)[N+]#[C-])o3)c3c2COC3)o1. The lowest BCUT2D eigenvalue weighted by atomic mass is 10.1. The van der Waals surface area contributed by atoms with Crippen LogP contribution >= 0.6 is 11.3 Å². The maximum absolute atomic E-state index is 8.81. The maximum Gasteiger partial charge on any atom is 0.261 e. The van der Waals surface area contributed by atoms with Gasteiger partial charge in [-0.25, -0.2) is 20.2 Å². The molecule has 0 N–H and O–H groups in total. The van der Waals surface area contributed by atoms with Gasteiger partial charge < -0.3 is 13.6 Å². The van der Waals surface area contributed by atoms with Crippen molar-refractivity contribution in [3.63, 3.8) is 0 Å². The van der Waals surface area contributed by atoms with Gasteiger partial charge in [0.2, 0.25) is 0 Å². The third-order valence-corrected chi connectivity index (χ3v) is 6.11. The van der Waals surface area contributed by atoms with Crippen molar-refractivity contribution >= 4 is 23.5 Å². The van der Waals surface area contributed by atoms with E-state index in [1.54, 1.807) is 35.6 Å². The van der Waals surface area contributed by atoms with Crippen molar-refractivity contribution in [1.82, 2.24) is 0 Å². The number of furan rings is 2. The molecule has 0 saturated carbocycles. The van der Waals surface area contributed by atoms with Gasteiger partial charge in [-0.15, -0.1) is 11.3 Å². The number of nitriles is 2. The van der Waals surface area contributed by atoms with E-state index < -0.39 is 0 Å². The summed E-state index contributed by atoms with van der Waals surface area (Å²) < 4.78 is 17.6. The number of hydrogen-bond donors (Lipinski definition) is 0. The Kier molecular flexibility index (Phi) is 6.68. The lowest BCUT2D eigenvalue weighted by Crippen LogP contribution is -1.79. The van der Waals surface area contributed by atoms with Crippen LogP contribution in [0.25, 0.3) is 43.1 Å². The molecule has 3 aromatic rings. The van der Waals surface area contributed by atoms with Gasteiger partial charge in [-0.1, -0.05) is 12.2 Å². The molecule has 4 rings (SSSR count). The van der Waals surface area contributed by atoms with Crippen LogP contribution in [0.3, 0.4) is 0 Å². The molecule has 0 saturated heterocycles. The summed E-state index contributed by atoms with van der Waals surface area (Å²) >= 11 is 1.56. The van der Waals surface area contributed by atoms with Gasteiger partial charge in [0.1, 0.15) is 23.0 Å². The smallest absolute Gasteiger partial charge is 0.261 e. The van der Waals surface area contributed by atoms with Crippen LogP contribution in [-0.2, 0) is 18.0 Å². The van der Waals surface area contributed by atoms with Crippen molar-refractivity contribution in [3.05, 3.63) is 105 Å². The number of thiophene rings is 1. The molecule has 3 aromatic heterocycles. The highest BCUT2D eigenvalue weighted by Gasteiger charge is 2.27. The molecule has 0 aromatic carbocycles. The van der Waals surface area contributed by atoms with E-state index in [9.17, 15) is 0 Å². The number of allylic oxidation sites excluding steroid dienone is 6. The molecule has 0 fully saturated rings. The Labute approximate surface area is 199 Å². The fraction of sp³-hybridized carbons (Fsp3) is 0.0769. The Morgan fingerprint density at radius 2 is 1.29 bits per heavy atom. The highest BCUT2D eigenvalue weighted by Crippen LogP contribution is 2.46. The first-order valence-corrected chi connectivity index (χ1v) is 10.7. The van der Waals surface area contributed by atoms with Gasteiger partial charge in [-0.3, -0.25) is 0 Å². The number of ether oxygens (including phenoxy) is 1. The van der Waals surface area contributed by atoms with Gasteiger partial charge >= 0.3 is 0 Å². The van der Waals surface area contributed by atoms with Crippen LogP contribution in [-0.4, -0.2) is 0 Å². The largest absolute Gasteiger partial charge is 0.456 e. The van der Waals surface area contributed by atoms with Crippen molar-refractivity contribution in [2.75, 3.05) is 0 Å². The number of fused-ring (bicyclic) bond motifs is 1. The maximum atomic E-state index is 8.81. The average molecular weight is 462 g/mol. The number of hydrogen-bond acceptors (Lipinski definition) is 6. The minimum absolute atomic E-state index is 0.00136. The molecule has 0 bridgehead atoms. The van der Waals surface area contributed by atoms with Crippen LogP contribution in [0, 0.1) is 35.8 Å². The second-order valence-corrected chi connectivity index (χ2v) is 7.90. The van der Waals surface area contributed by atoms with Crippen LogP contribution in [0.15, 0.2) is 68.8 Å². The molecule has 0 amide bonds. The highest BCUT2D eigenvalue weighted by molar-refractivity contribution is 7.19. The standard InChI is InChI=1S/C26H14N4O3S/c1-29-17(13-27)5-3-7-19-9-11-23(32-19)25-21-15-31-16-22(21)26(34-25)24-12-10-20(33-24)8-4-6-18(14-28)30-2/h3-12H,15-16H2/b7-3+,8-4+,17-5-,18-6+. The first kappa shape index (κ1) is 22.3. The topological polar surface area (TPSA) is 91.8 Å². The Bertz CT molecular complexity index is 1390. The van der Waals surface area contributed by atoms with E-state index in [0.717, 1.165) is 20.9 Å². The molecule has 1 aliphatic heterocycles. The van der Waals surface area contributed by atoms with Gasteiger partial charge in [0.05, 0.1) is 48.3 Å². The van der Waals surface area contributed by atoms with Gasteiger partial charge in [-0.05, 0) is 48.6 Å². The molecule has 0 aliphatic carbocycles. The summed E-state index contributed by atoms with van der Waals surface area (Å²) in [6, 6.07) is 11.0. The summed E-state index contributed by atoms with van der Waals surface area (Å²) in [5.41, 5.74) is 2.14. The Morgan fingerprint density at radius 1 is 0.824 bits per heavy atom. The van der Waals surface area contributed by atoms with Crippen LogP contribution in [0.4, 0.5) is 0 Å². The monoisotopic (exact) mass is 462 g/mol. The van der Waals surface area contributed by atoms with Crippen LogP contribution in [0.1, 0.15) is 22.6 Å². The fourth-order valence-corrected chi connectivity index (χ4v) is 4.49. The van der Waals surface area contributed by atoms with E-state index in [1.165, 1.54) is 12.2 Å². The molecule has 1 aliphatic rings. The molecule has 8 heteroatoms. The summed E-state index contributed by atoms with van der Waals surface area (Å²) in [4.78, 5) is 8.14. The lowest BCUT2D eigenvalue weighted by Gasteiger charge is -1.97. The Balaban J connectivity index is 1.60. The summed E-state index contributed by atoms with van der Waals surface area (Å²) in [5, 5.41) is 17.6. The molecule has 0 radical (unpaired) electrons. The van der Waals surface area contributed by atoms with Gasteiger partial charge in [-0.2, -0.15) is 0 Å². The van der Waals surface area contributed by atoms with Crippen molar-refractivity contribution in [2.45, 2.75) is 13.2 Å². The van der Waals surface area contributed by atoms with Gasteiger partial charge in [0.15, 0.2) is 0 Å². The summed E-state index contributed by atoms with van der Waals surface area (Å²) in [5.74, 6) is 2.61. The molecule has 0 unspecified atom stereocenters. The zero-order valence-electron chi connectivity index (χ0n) is 17.6. The van der Waals surface area contributed by atoms with Crippen LogP contribution in [0.5, 0.6) is 0 Å². The summed E-state index contributed by atoms with van der Waals surface area (Å²) in [6.07, 6.45) is 9.48. The van der Waals surface area contributed by atoms with E-state index in [0.29, 0.717) is 36.3 Å². The molecule has 4 heterocycles. The molecule has 34 heavy (non-hydrogen) atoms. The zero-order chi connectivity index (χ0) is 23.9. The molecule has 162 valence electrons.